The van der Waals surface area contributed by atoms with Crippen molar-refractivity contribution in [1.82, 2.24) is 24.8 Å². The van der Waals surface area contributed by atoms with Crippen molar-refractivity contribution in [1.29, 1.82) is 0 Å². The van der Waals surface area contributed by atoms with Crippen LogP contribution in [0.15, 0.2) is 18.6 Å². The third kappa shape index (κ3) is 2.99. The molecule has 1 unspecified atom stereocenters. The first-order valence-corrected chi connectivity index (χ1v) is 6.40. The zero-order chi connectivity index (χ0) is 13.1. The lowest BCUT2D eigenvalue weighted by molar-refractivity contribution is 0.0369. The molecule has 7 heteroatoms. The quantitative estimate of drug-likeness (QED) is 0.785. The molecule has 0 saturated carbocycles. The standard InChI is InChI=1S/C12H17N5O2/c1-16-7-10(6-13-16)12-8-17(15-14-12)3-5-19-11-2-4-18-9-11/h6-8,11H,2-5,9H2,1H3. The highest BCUT2D eigenvalue weighted by Crippen LogP contribution is 2.14. The Morgan fingerprint density at radius 3 is 3.16 bits per heavy atom. The fraction of sp³-hybridized carbons (Fsp3) is 0.583. The fourth-order valence-corrected chi connectivity index (χ4v) is 2.05. The maximum absolute atomic E-state index is 5.70. The Balaban J connectivity index is 1.53. The molecular weight excluding hydrogens is 246 g/mol. The van der Waals surface area contributed by atoms with Crippen LogP contribution in [0.5, 0.6) is 0 Å². The van der Waals surface area contributed by atoms with Crippen LogP contribution in [0.2, 0.25) is 0 Å². The molecule has 0 bridgehead atoms. The number of nitrogens with zero attached hydrogens (tertiary/aromatic N) is 5. The van der Waals surface area contributed by atoms with Crippen LogP contribution >= 0.6 is 0 Å². The van der Waals surface area contributed by atoms with Crippen LogP contribution in [0, 0.1) is 0 Å². The van der Waals surface area contributed by atoms with Gasteiger partial charge in [0.25, 0.3) is 0 Å². The predicted molar refractivity (Wildman–Crippen MR) is 67.4 cm³/mol. The van der Waals surface area contributed by atoms with Gasteiger partial charge in [0, 0.05) is 25.4 Å². The number of hydrogen-bond donors (Lipinski definition) is 0. The smallest absolute Gasteiger partial charge is 0.116 e. The Hall–Kier alpha value is -1.73. The summed E-state index contributed by atoms with van der Waals surface area (Å²) in [5, 5.41) is 12.3. The van der Waals surface area contributed by atoms with Crippen molar-refractivity contribution in [2.24, 2.45) is 7.05 Å². The molecule has 102 valence electrons. The molecule has 0 amide bonds. The summed E-state index contributed by atoms with van der Waals surface area (Å²) in [6, 6.07) is 0. The minimum atomic E-state index is 0.237. The summed E-state index contributed by atoms with van der Waals surface area (Å²) >= 11 is 0. The van der Waals surface area contributed by atoms with Crippen LogP contribution in [0.1, 0.15) is 6.42 Å². The molecule has 0 aliphatic carbocycles. The third-order valence-electron chi connectivity index (χ3n) is 3.10. The van der Waals surface area contributed by atoms with Gasteiger partial charge in [0.15, 0.2) is 0 Å². The van der Waals surface area contributed by atoms with Gasteiger partial charge in [0.1, 0.15) is 5.69 Å². The zero-order valence-corrected chi connectivity index (χ0v) is 10.9. The second-order valence-corrected chi connectivity index (χ2v) is 4.63. The summed E-state index contributed by atoms with van der Waals surface area (Å²) in [5.74, 6) is 0. The highest BCUT2D eigenvalue weighted by Gasteiger charge is 2.15. The van der Waals surface area contributed by atoms with E-state index in [2.05, 4.69) is 15.4 Å². The molecule has 1 aliphatic rings. The Labute approximate surface area is 111 Å². The highest BCUT2D eigenvalue weighted by atomic mass is 16.5. The van der Waals surface area contributed by atoms with Gasteiger partial charge in [0.05, 0.1) is 38.3 Å². The SMILES string of the molecule is Cn1cc(-c2cn(CCOC3CCOC3)nn2)cn1. The van der Waals surface area contributed by atoms with Gasteiger partial charge in [0.2, 0.25) is 0 Å². The van der Waals surface area contributed by atoms with Crippen molar-refractivity contribution in [2.75, 3.05) is 19.8 Å². The summed E-state index contributed by atoms with van der Waals surface area (Å²) < 4.78 is 14.5. The molecule has 2 aromatic rings. The van der Waals surface area contributed by atoms with Gasteiger partial charge < -0.3 is 9.47 Å². The lowest BCUT2D eigenvalue weighted by atomic mass is 10.3. The summed E-state index contributed by atoms with van der Waals surface area (Å²) in [5.41, 5.74) is 1.80. The lowest BCUT2D eigenvalue weighted by Crippen LogP contribution is -2.16. The van der Waals surface area contributed by atoms with Crippen molar-refractivity contribution in [3.8, 4) is 11.3 Å². The number of ether oxygens (including phenoxy) is 2. The van der Waals surface area contributed by atoms with Crippen LogP contribution in [-0.2, 0) is 23.1 Å². The van der Waals surface area contributed by atoms with Gasteiger partial charge in [-0.25, -0.2) is 4.68 Å². The van der Waals surface area contributed by atoms with Crippen molar-refractivity contribution in [2.45, 2.75) is 19.1 Å². The molecule has 0 N–H and O–H groups in total. The van der Waals surface area contributed by atoms with E-state index in [9.17, 15) is 0 Å². The molecule has 7 nitrogen and oxygen atoms in total. The largest absolute Gasteiger partial charge is 0.379 e. The molecular formula is C12H17N5O2. The molecule has 3 heterocycles. The van der Waals surface area contributed by atoms with E-state index in [1.807, 2.05) is 19.4 Å². The average molecular weight is 263 g/mol. The second-order valence-electron chi connectivity index (χ2n) is 4.63. The molecule has 2 aromatic heterocycles. The summed E-state index contributed by atoms with van der Waals surface area (Å²) in [4.78, 5) is 0. The van der Waals surface area contributed by atoms with Gasteiger partial charge in [-0.15, -0.1) is 5.10 Å². The average Bonchev–Trinajstić information content (AvgIpc) is 3.09. The molecule has 0 aromatic carbocycles. The van der Waals surface area contributed by atoms with E-state index in [1.54, 1.807) is 15.6 Å². The first-order valence-electron chi connectivity index (χ1n) is 6.40. The molecule has 1 saturated heterocycles. The summed E-state index contributed by atoms with van der Waals surface area (Å²) in [7, 11) is 1.88. The van der Waals surface area contributed by atoms with Crippen molar-refractivity contribution < 1.29 is 9.47 Å². The van der Waals surface area contributed by atoms with Gasteiger partial charge >= 0.3 is 0 Å². The van der Waals surface area contributed by atoms with Crippen LogP contribution in [0.25, 0.3) is 11.3 Å². The number of aromatic nitrogens is 5. The van der Waals surface area contributed by atoms with Crippen LogP contribution < -0.4 is 0 Å². The molecule has 19 heavy (non-hydrogen) atoms. The monoisotopic (exact) mass is 263 g/mol. The molecule has 1 atom stereocenters. The number of hydrogen-bond acceptors (Lipinski definition) is 5. The zero-order valence-electron chi connectivity index (χ0n) is 10.9. The maximum atomic E-state index is 5.70. The molecule has 1 aliphatic heterocycles. The van der Waals surface area contributed by atoms with E-state index in [-0.39, 0.29) is 6.10 Å². The molecule has 0 spiro atoms. The van der Waals surface area contributed by atoms with Gasteiger partial charge in [-0.2, -0.15) is 5.10 Å². The summed E-state index contributed by atoms with van der Waals surface area (Å²) in [6.07, 6.45) is 6.83. The molecule has 0 radical (unpaired) electrons. The van der Waals surface area contributed by atoms with E-state index in [1.165, 1.54) is 0 Å². The van der Waals surface area contributed by atoms with Crippen molar-refractivity contribution in [3.05, 3.63) is 18.6 Å². The fourth-order valence-electron chi connectivity index (χ4n) is 2.05. The topological polar surface area (TPSA) is 67.0 Å². The number of aryl methyl sites for hydroxylation is 1. The number of rotatable bonds is 5. The first kappa shape index (κ1) is 12.3. The predicted octanol–water partition coefficient (Wildman–Crippen LogP) is 0.484. The van der Waals surface area contributed by atoms with Crippen molar-refractivity contribution in [3.63, 3.8) is 0 Å². The molecule has 3 rings (SSSR count). The van der Waals surface area contributed by atoms with Crippen molar-refractivity contribution >= 4 is 0 Å². The van der Waals surface area contributed by atoms with E-state index >= 15 is 0 Å². The summed E-state index contributed by atoms with van der Waals surface area (Å²) in [6.45, 7) is 2.84. The second kappa shape index (κ2) is 5.50. The lowest BCUT2D eigenvalue weighted by Gasteiger charge is -2.08. The van der Waals surface area contributed by atoms with Crippen LogP contribution in [-0.4, -0.2) is 50.7 Å². The maximum Gasteiger partial charge on any atom is 0.116 e. The van der Waals surface area contributed by atoms with Gasteiger partial charge in [-0.3, -0.25) is 4.68 Å². The minimum absolute atomic E-state index is 0.237. The van der Waals surface area contributed by atoms with Crippen LogP contribution in [0.3, 0.4) is 0 Å². The van der Waals surface area contributed by atoms with E-state index in [4.69, 9.17) is 9.47 Å². The first-order chi connectivity index (χ1) is 9.31. The van der Waals surface area contributed by atoms with Gasteiger partial charge in [-0.05, 0) is 6.42 Å². The third-order valence-corrected chi connectivity index (χ3v) is 3.10. The van der Waals surface area contributed by atoms with Crippen LogP contribution in [0.4, 0.5) is 0 Å². The normalized spacial score (nSPS) is 19.1. The van der Waals surface area contributed by atoms with Gasteiger partial charge in [-0.1, -0.05) is 5.21 Å². The van der Waals surface area contributed by atoms with E-state index in [0.717, 1.165) is 24.3 Å². The Bertz CT molecular complexity index is 530. The Morgan fingerprint density at radius 2 is 2.42 bits per heavy atom. The Kier molecular flexibility index (Phi) is 3.56. The van der Waals surface area contributed by atoms with E-state index in [0.29, 0.717) is 19.8 Å². The van der Waals surface area contributed by atoms with E-state index < -0.39 is 0 Å². The molecule has 1 fully saturated rings. The Morgan fingerprint density at radius 1 is 1.47 bits per heavy atom. The minimum Gasteiger partial charge on any atom is -0.379 e. The highest BCUT2D eigenvalue weighted by molar-refractivity contribution is 5.54.